The molecule has 1 unspecified atom stereocenters. The smallest absolute Gasteiger partial charge is 0.410 e. The molecule has 0 spiro atoms. The van der Waals surface area contributed by atoms with Gasteiger partial charge in [0.15, 0.2) is 11.5 Å². The van der Waals surface area contributed by atoms with Gasteiger partial charge in [0.2, 0.25) is 5.75 Å². The Kier molecular flexibility index (Phi) is 10.7. The third-order valence-corrected chi connectivity index (χ3v) is 7.25. The van der Waals surface area contributed by atoms with Crippen molar-refractivity contribution < 1.29 is 33.3 Å². The van der Waals surface area contributed by atoms with Crippen LogP contribution in [0.3, 0.4) is 0 Å². The summed E-state index contributed by atoms with van der Waals surface area (Å²) in [7, 11) is 4.35. The number of carbonyl (C=O) groups excluding carboxylic acids is 3. The molecule has 0 saturated carbocycles. The monoisotopic (exact) mass is 575 g/mol. The highest BCUT2D eigenvalue weighted by molar-refractivity contribution is 6.43. The number of aromatic nitrogens is 1. The van der Waals surface area contributed by atoms with Crippen molar-refractivity contribution in [3.05, 3.63) is 83.7 Å². The Morgan fingerprint density at radius 1 is 0.952 bits per heavy atom. The lowest BCUT2D eigenvalue weighted by molar-refractivity contribution is -0.128. The number of amides is 2. The third-order valence-electron chi connectivity index (χ3n) is 7.25. The summed E-state index contributed by atoms with van der Waals surface area (Å²) in [5, 5.41) is 0. The molecule has 4 rings (SSSR count). The largest absolute Gasteiger partial charge is 0.493 e. The molecule has 2 aromatic carbocycles. The van der Waals surface area contributed by atoms with Crippen molar-refractivity contribution in [2.75, 3.05) is 41.0 Å². The van der Waals surface area contributed by atoms with E-state index in [0.717, 1.165) is 24.0 Å². The number of hydrogen-bond donors (Lipinski definition) is 0. The number of hydrogen-bond acceptors (Lipinski definition) is 8. The summed E-state index contributed by atoms with van der Waals surface area (Å²) in [6.45, 7) is 1.30. The highest BCUT2D eigenvalue weighted by Crippen LogP contribution is 2.38. The van der Waals surface area contributed by atoms with E-state index in [-0.39, 0.29) is 23.7 Å². The van der Waals surface area contributed by atoms with Crippen LogP contribution >= 0.6 is 0 Å². The van der Waals surface area contributed by atoms with Crippen LogP contribution < -0.4 is 14.2 Å². The summed E-state index contributed by atoms with van der Waals surface area (Å²) < 4.78 is 21.7. The van der Waals surface area contributed by atoms with Crippen molar-refractivity contribution in [2.45, 2.75) is 38.3 Å². The van der Waals surface area contributed by atoms with Crippen LogP contribution in [0.4, 0.5) is 4.79 Å². The van der Waals surface area contributed by atoms with E-state index in [1.165, 1.54) is 38.4 Å². The number of ketones is 1. The number of benzene rings is 2. The minimum absolute atomic E-state index is 0.000995. The minimum atomic E-state index is -0.700. The average molecular weight is 576 g/mol. The molecule has 1 aromatic heterocycles. The van der Waals surface area contributed by atoms with Crippen LogP contribution in [-0.4, -0.2) is 79.6 Å². The molecule has 3 aromatic rings. The number of carbonyl (C=O) groups is 3. The summed E-state index contributed by atoms with van der Waals surface area (Å²) in [6, 6.07) is 16.1. The minimum Gasteiger partial charge on any atom is -0.493 e. The zero-order valence-corrected chi connectivity index (χ0v) is 24.3. The fraction of sp³-hybridized carbons (Fsp3) is 0.375. The van der Waals surface area contributed by atoms with E-state index in [0.29, 0.717) is 38.2 Å². The molecule has 0 N–H and O–H groups in total. The van der Waals surface area contributed by atoms with Gasteiger partial charge in [0.25, 0.3) is 11.7 Å². The van der Waals surface area contributed by atoms with Gasteiger partial charge in [0.1, 0.15) is 6.61 Å². The van der Waals surface area contributed by atoms with Crippen molar-refractivity contribution >= 4 is 17.8 Å². The van der Waals surface area contributed by atoms with Gasteiger partial charge >= 0.3 is 6.09 Å². The first kappa shape index (κ1) is 30.4. The summed E-state index contributed by atoms with van der Waals surface area (Å²) in [5.74, 6) is -0.478. The molecule has 1 saturated heterocycles. The number of rotatable bonds is 13. The lowest BCUT2D eigenvalue weighted by atomic mass is 10.1. The summed E-state index contributed by atoms with van der Waals surface area (Å²) in [5.41, 5.74) is 2.21. The molecule has 1 aliphatic heterocycles. The van der Waals surface area contributed by atoms with Gasteiger partial charge in [-0.25, -0.2) is 4.79 Å². The Hall–Kier alpha value is -4.60. The molecule has 2 heterocycles. The van der Waals surface area contributed by atoms with E-state index < -0.39 is 23.8 Å². The summed E-state index contributed by atoms with van der Waals surface area (Å²) in [6.07, 6.45) is 5.95. The lowest BCUT2D eigenvalue weighted by Crippen LogP contribution is -2.43. The third kappa shape index (κ3) is 7.57. The molecule has 2 amide bonds. The average Bonchev–Trinajstić information content (AvgIpc) is 3.51. The standard InChI is InChI=1S/C32H37N3O7/c1-39-27-18-25(19-28(40-2)30(27)41-3)29(36)31(37)35-17-9-14-26(35)22-42-32(38)34(21-24-10-5-4-6-11-24)16-8-13-23-12-7-15-33-20-23/h4-7,10-12,15,18-20,26H,8-9,13-14,16-17,21-22H2,1-3H3. The molecule has 1 atom stereocenters. The van der Waals surface area contributed by atoms with E-state index in [2.05, 4.69) is 4.98 Å². The summed E-state index contributed by atoms with van der Waals surface area (Å²) >= 11 is 0. The molecule has 0 radical (unpaired) electrons. The molecule has 10 heteroatoms. The zero-order chi connectivity index (χ0) is 29.9. The number of methoxy groups -OCH3 is 3. The highest BCUT2D eigenvalue weighted by Gasteiger charge is 2.35. The summed E-state index contributed by atoms with van der Waals surface area (Å²) in [4.78, 5) is 47.1. The van der Waals surface area contributed by atoms with Gasteiger partial charge in [-0.2, -0.15) is 0 Å². The van der Waals surface area contributed by atoms with Crippen LogP contribution in [0.1, 0.15) is 40.7 Å². The molecule has 0 aliphatic carbocycles. The van der Waals surface area contributed by atoms with Crippen molar-refractivity contribution in [3.63, 3.8) is 0 Å². The van der Waals surface area contributed by atoms with Crippen LogP contribution in [0.5, 0.6) is 17.2 Å². The van der Waals surface area contributed by atoms with Gasteiger partial charge in [-0.1, -0.05) is 36.4 Å². The van der Waals surface area contributed by atoms with Gasteiger partial charge in [0.05, 0.1) is 27.4 Å². The van der Waals surface area contributed by atoms with E-state index in [1.807, 2.05) is 48.7 Å². The molecular formula is C32H37N3O7. The molecule has 42 heavy (non-hydrogen) atoms. The molecular weight excluding hydrogens is 538 g/mol. The predicted octanol–water partition coefficient (Wildman–Crippen LogP) is 4.55. The maximum absolute atomic E-state index is 13.3. The molecule has 1 aliphatic rings. The zero-order valence-electron chi connectivity index (χ0n) is 24.3. The number of ether oxygens (including phenoxy) is 4. The van der Waals surface area contributed by atoms with Gasteiger partial charge in [-0.15, -0.1) is 0 Å². The van der Waals surface area contributed by atoms with E-state index in [1.54, 1.807) is 11.1 Å². The Morgan fingerprint density at radius 3 is 2.31 bits per heavy atom. The Morgan fingerprint density at radius 2 is 1.67 bits per heavy atom. The van der Waals surface area contributed by atoms with E-state index in [4.69, 9.17) is 18.9 Å². The number of nitrogens with zero attached hydrogens (tertiary/aromatic N) is 3. The van der Waals surface area contributed by atoms with Gasteiger partial charge in [-0.3, -0.25) is 14.6 Å². The first-order valence-corrected chi connectivity index (χ1v) is 13.9. The second-order valence-corrected chi connectivity index (χ2v) is 9.99. The van der Waals surface area contributed by atoms with Crippen molar-refractivity contribution in [2.24, 2.45) is 0 Å². The van der Waals surface area contributed by atoms with Crippen LogP contribution in [-0.2, 0) is 22.5 Å². The highest BCUT2D eigenvalue weighted by atomic mass is 16.6. The fourth-order valence-electron chi connectivity index (χ4n) is 5.06. The lowest BCUT2D eigenvalue weighted by Gasteiger charge is -2.27. The Labute approximate surface area is 246 Å². The number of likely N-dealkylation sites (tertiary alicyclic amines) is 1. The molecule has 10 nitrogen and oxygen atoms in total. The normalized spacial score (nSPS) is 14.3. The predicted molar refractivity (Wildman–Crippen MR) is 156 cm³/mol. The first-order chi connectivity index (χ1) is 20.4. The van der Waals surface area contributed by atoms with Crippen molar-refractivity contribution in [1.29, 1.82) is 0 Å². The van der Waals surface area contributed by atoms with Crippen LogP contribution in [0.25, 0.3) is 0 Å². The molecule has 222 valence electrons. The van der Waals surface area contributed by atoms with Crippen molar-refractivity contribution in [1.82, 2.24) is 14.8 Å². The van der Waals surface area contributed by atoms with E-state index >= 15 is 0 Å². The molecule has 0 bridgehead atoms. The van der Waals surface area contributed by atoms with E-state index in [9.17, 15) is 14.4 Å². The van der Waals surface area contributed by atoms with Crippen molar-refractivity contribution in [3.8, 4) is 17.2 Å². The second kappa shape index (κ2) is 14.9. The van der Waals surface area contributed by atoms with Crippen LogP contribution in [0.15, 0.2) is 67.0 Å². The SMILES string of the molecule is COc1cc(C(=O)C(=O)N2CCCC2COC(=O)N(CCCc2cccnc2)Cc2ccccc2)cc(OC)c1OC. The second-order valence-electron chi connectivity index (χ2n) is 9.99. The maximum Gasteiger partial charge on any atom is 0.410 e. The van der Waals surface area contributed by atoms with Crippen LogP contribution in [0.2, 0.25) is 0 Å². The topological polar surface area (TPSA) is 108 Å². The first-order valence-electron chi connectivity index (χ1n) is 13.9. The Bertz CT molecular complexity index is 1330. The maximum atomic E-state index is 13.3. The number of pyridine rings is 1. The van der Waals surface area contributed by atoms with Gasteiger partial charge < -0.3 is 28.7 Å². The molecule has 1 fully saturated rings. The Balaban J connectivity index is 1.40. The van der Waals surface area contributed by atoms with Gasteiger partial charge in [-0.05, 0) is 55.0 Å². The number of Topliss-reactive ketones (excluding diaryl/α,β-unsaturated/α-hetero) is 1. The number of aryl methyl sites for hydroxylation is 1. The van der Waals surface area contributed by atoms with Gasteiger partial charge in [0, 0.05) is 37.6 Å². The van der Waals surface area contributed by atoms with Crippen LogP contribution in [0, 0.1) is 0 Å². The fourth-order valence-corrected chi connectivity index (χ4v) is 5.06. The quantitative estimate of drug-likeness (QED) is 0.216.